The molecule has 0 aliphatic heterocycles. The van der Waals surface area contributed by atoms with Crippen molar-refractivity contribution in [2.24, 2.45) is 0 Å². The third-order valence-electron chi connectivity index (χ3n) is 3.81. The molecule has 1 aliphatic rings. The van der Waals surface area contributed by atoms with Crippen molar-refractivity contribution in [3.8, 4) is 0 Å². The Balaban J connectivity index is 2.05. The molecule has 0 saturated heterocycles. The zero-order chi connectivity index (χ0) is 14.4. The molecular formula is C15H26N4S. The van der Waals surface area contributed by atoms with E-state index in [1.807, 2.05) is 7.05 Å². The largest absolute Gasteiger partial charge is 0.373 e. The lowest BCUT2D eigenvalue weighted by Gasteiger charge is -2.18. The summed E-state index contributed by atoms with van der Waals surface area (Å²) in [4.78, 5) is 8.80. The van der Waals surface area contributed by atoms with Crippen LogP contribution in [0, 0.1) is 0 Å². The molecular weight excluding hydrogens is 268 g/mol. The minimum absolute atomic E-state index is 0.564. The molecule has 2 N–H and O–H groups in total. The molecule has 1 aliphatic carbocycles. The van der Waals surface area contributed by atoms with Crippen molar-refractivity contribution in [1.82, 2.24) is 9.97 Å². The number of anilines is 2. The van der Waals surface area contributed by atoms with E-state index in [-0.39, 0.29) is 0 Å². The summed E-state index contributed by atoms with van der Waals surface area (Å²) in [6.07, 6.45) is 7.60. The first-order chi connectivity index (χ1) is 9.78. The first-order valence-electron chi connectivity index (χ1n) is 7.68. The summed E-state index contributed by atoms with van der Waals surface area (Å²) in [7, 11) is 1.93. The molecule has 0 amide bonds. The molecule has 2 rings (SSSR count). The van der Waals surface area contributed by atoms with E-state index in [1.165, 1.54) is 30.6 Å². The van der Waals surface area contributed by atoms with Crippen LogP contribution in [0.3, 0.4) is 0 Å². The van der Waals surface area contributed by atoms with E-state index < -0.39 is 0 Å². The van der Waals surface area contributed by atoms with Gasteiger partial charge in [0, 0.05) is 23.9 Å². The van der Waals surface area contributed by atoms with Crippen molar-refractivity contribution < 1.29 is 0 Å². The van der Waals surface area contributed by atoms with Gasteiger partial charge in [-0.1, -0.05) is 20.3 Å². The van der Waals surface area contributed by atoms with Crippen LogP contribution in [-0.4, -0.2) is 34.1 Å². The fourth-order valence-electron chi connectivity index (χ4n) is 2.89. The van der Waals surface area contributed by atoms with Gasteiger partial charge < -0.3 is 10.6 Å². The molecule has 2 unspecified atom stereocenters. The molecule has 1 heterocycles. The van der Waals surface area contributed by atoms with Crippen LogP contribution in [0.5, 0.6) is 0 Å². The lowest BCUT2D eigenvalue weighted by molar-refractivity contribution is 0.746. The van der Waals surface area contributed by atoms with Gasteiger partial charge in [-0.05, 0) is 31.4 Å². The van der Waals surface area contributed by atoms with Gasteiger partial charge in [0.1, 0.15) is 18.0 Å². The van der Waals surface area contributed by atoms with E-state index in [0.29, 0.717) is 6.04 Å². The Morgan fingerprint density at radius 2 is 2.05 bits per heavy atom. The van der Waals surface area contributed by atoms with E-state index in [2.05, 4.69) is 46.2 Å². The van der Waals surface area contributed by atoms with Crippen LogP contribution in [0.15, 0.2) is 6.33 Å². The maximum absolute atomic E-state index is 4.47. The number of aromatic nitrogens is 2. The average molecular weight is 294 g/mol. The second-order valence-corrected chi connectivity index (χ2v) is 6.86. The average Bonchev–Trinajstić information content (AvgIpc) is 2.89. The molecule has 5 heteroatoms. The topological polar surface area (TPSA) is 49.8 Å². The normalized spacial score (nSPS) is 21.9. The van der Waals surface area contributed by atoms with Gasteiger partial charge >= 0.3 is 0 Å². The van der Waals surface area contributed by atoms with E-state index in [4.69, 9.17) is 0 Å². The smallest absolute Gasteiger partial charge is 0.134 e. The molecule has 20 heavy (non-hydrogen) atoms. The first-order valence-corrected chi connectivity index (χ1v) is 8.73. The van der Waals surface area contributed by atoms with Gasteiger partial charge in [0.25, 0.3) is 0 Å². The fraction of sp³-hybridized carbons (Fsp3) is 0.733. The molecule has 1 saturated carbocycles. The number of thioether (sulfide) groups is 1. The highest BCUT2D eigenvalue weighted by Gasteiger charge is 2.25. The SMILES string of the molecule is CCCc1c(NC)ncnc1NC1CCC(SCC)C1. The minimum Gasteiger partial charge on any atom is -0.373 e. The Morgan fingerprint density at radius 3 is 2.75 bits per heavy atom. The summed E-state index contributed by atoms with van der Waals surface area (Å²) in [6, 6.07) is 0.564. The van der Waals surface area contributed by atoms with Gasteiger partial charge in [-0.15, -0.1) is 0 Å². The highest BCUT2D eigenvalue weighted by Crippen LogP contribution is 2.32. The molecule has 1 aromatic rings. The Labute approximate surface area is 126 Å². The summed E-state index contributed by atoms with van der Waals surface area (Å²) in [6.45, 7) is 4.44. The van der Waals surface area contributed by atoms with Crippen LogP contribution in [0.1, 0.15) is 45.1 Å². The number of hydrogen-bond donors (Lipinski definition) is 2. The molecule has 112 valence electrons. The highest BCUT2D eigenvalue weighted by molar-refractivity contribution is 7.99. The maximum atomic E-state index is 4.47. The van der Waals surface area contributed by atoms with E-state index in [1.54, 1.807) is 6.33 Å². The maximum Gasteiger partial charge on any atom is 0.134 e. The molecule has 4 nitrogen and oxygen atoms in total. The van der Waals surface area contributed by atoms with Crippen molar-refractivity contribution in [2.75, 3.05) is 23.4 Å². The molecule has 0 bridgehead atoms. The summed E-state index contributed by atoms with van der Waals surface area (Å²) in [5.74, 6) is 3.20. The predicted molar refractivity (Wildman–Crippen MR) is 88.8 cm³/mol. The summed E-state index contributed by atoms with van der Waals surface area (Å²) < 4.78 is 0. The van der Waals surface area contributed by atoms with E-state index in [0.717, 1.165) is 29.7 Å². The van der Waals surface area contributed by atoms with Gasteiger partial charge in [0.15, 0.2) is 0 Å². The van der Waals surface area contributed by atoms with Crippen molar-refractivity contribution in [2.45, 2.75) is 57.2 Å². The van der Waals surface area contributed by atoms with E-state index >= 15 is 0 Å². The standard InChI is InChI=1S/C15H26N4S/c1-4-6-13-14(16-3)17-10-18-15(13)19-11-7-8-12(9-11)20-5-2/h10-12H,4-9H2,1-3H3,(H2,16,17,18,19). The zero-order valence-electron chi connectivity index (χ0n) is 12.8. The molecule has 2 atom stereocenters. The summed E-state index contributed by atoms with van der Waals surface area (Å²) >= 11 is 2.09. The van der Waals surface area contributed by atoms with Crippen molar-refractivity contribution in [3.05, 3.63) is 11.9 Å². The van der Waals surface area contributed by atoms with Crippen LogP contribution in [-0.2, 0) is 6.42 Å². The predicted octanol–water partition coefficient (Wildman–Crippen LogP) is 3.56. The van der Waals surface area contributed by atoms with Crippen LogP contribution in [0.4, 0.5) is 11.6 Å². The van der Waals surface area contributed by atoms with Crippen LogP contribution >= 0.6 is 11.8 Å². The van der Waals surface area contributed by atoms with Crippen molar-refractivity contribution in [1.29, 1.82) is 0 Å². The minimum atomic E-state index is 0.564. The number of hydrogen-bond acceptors (Lipinski definition) is 5. The Kier molecular flexibility index (Phi) is 5.95. The lowest BCUT2D eigenvalue weighted by Crippen LogP contribution is -2.19. The molecule has 1 aromatic heterocycles. The van der Waals surface area contributed by atoms with Gasteiger partial charge in [-0.3, -0.25) is 0 Å². The number of nitrogens with zero attached hydrogens (tertiary/aromatic N) is 2. The second kappa shape index (κ2) is 7.72. The molecule has 0 aromatic carbocycles. The molecule has 0 radical (unpaired) electrons. The number of nitrogens with one attached hydrogen (secondary N) is 2. The fourth-order valence-corrected chi connectivity index (χ4v) is 4.03. The third kappa shape index (κ3) is 3.78. The van der Waals surface area contributed by atoms with Crippen LogP contribution in [0.2, 0.25) is 0 Å². The van der Waals surface area contributed by atoms with Crippen LogP contribution in [0.25, 0.3) is 0 Å². The summed E-state index contributed by atoms with van der Waals surface area (Å²) in [5, 5.41) is 7.65. The quantitative estimate of drug-likeness (QED) is 0.805. The Hall–Kier alpha value is -0.970. The molecule has 0 spiro atoms. The Bertz CT molecular complexity index is 424. The summed E-state index contributed by atoms with van der Waals surface area (Å²) in [5.41, 5.74) is 1.23. The zero-order valence-corrected chi connectivity index (χ0v) is 13.6. The van der Waals surface area contributed by atoms with E-state index in [9.17, 15) is 0 Å². The second-order valence-electron chi connectivity index (χ2n) is 5.28. The van der Waals surface area contributed by atoms with Crippen molar-refractivity contribution in [3.63, 3.8) is 0 Å². The van der Waals surface area contributed by atoms with Crippen molar-refractivity contribution >= 4 is 23.4 Å². The first kappa shape index (κ1) is 15.4. The monoisotopic (exact) mass is 294 g/mol. The van der Waals surface area contributed by atoms with Gasteiger partial charge in [0.05, 0.1) is 0 Å². The molecule has 1 fully saturated rings. The van der Waals surface area contributed by atoms with Gasteiger partial charge in [0.2, 0.25) is 0 Å². The van der Waals surface area contributed by atoms with Crippen LogP contribution < -0.4 is 10.6 Å². The Morgan fingerprint density at radius 1 is 1.25 bits per heavy atom. The lowest BCUT2D eigenvalue weighted by atomic mass is 10.1. The highest BCUT2D eigenvalue weighted by atomic mass is 32.2. The van der Waals surface area contributed by atoms with Gasteiger partial charge in [-0.2, -0.15) is 11.8 Å². The van der Waals surface area contributed by atoms with Gasteiger partial charge in [-0.25, -0.2) is 9.97 Å². The third-order valence-corrected chi connectivity index (χ3v) is 5.04. The number of rotatable bonds is 7.